The van der Waals surface area contributed by atoms with Gasteiger partial charge in [-0.2, -0.15) is 4.72 Å². The van der Waals surface area contributed by atoms with Crippen molar-refractivity contribution < 1.29 is 18.0 Å². The van der Waals surface area contributed by atoms with E-state index in [1.54, 1.807) is 20.8 Å². The van der Waals surface area contributed by atoms with Crippen molar-refractivity contribution in [1.82, 2.24) is 4.72 Å². The molecule has 0 radical (unpaired) electrons. The second kappa shape index (κ2) is 8.97. The van der Waals surface area contributed by atoms with Gasteiger partial charge in [0.2, 0.25) is 21.8 Å². The quantitative estimate of drug-likeness (QED) is 0.595. The summed E-state index contributed by atoms with van der Waals surface area (Å²) < 4.78 is 28.9. The van der Waals surface area contributed by atoms with Crippen LogP contribution in [-0.2, 0) is 26.0 Å². The van der Waals surface area contributed by atoms with E-state index in [0.29, 0.717) is 12.1 Å². The zero-order valence-electron chi connectivity index (χ0n) is 17.7. The molecule has 2 aromatic carbocycles. The highest BCUT2D eigenvalue weighted by Crippen LogP contribution is 2.36. The van der Waals surface area contributed by atoms with Gasteiger partial charge in [-0.1, -0.05) is 51.1 Å². The van der Waals surface area contributed by atoms with Gasteiger partial charge in [-0.3, -0.25) is 9.59 Å². The van der Waals surface area contributed by atoms with Gasteiger partial charge in [0.05, 0.1) is 4.90 Å². The zero-order valence-corrected chi connectivity index (χ0v) is 18.5. The van der Waals surface area contributed by atoms with Crippen LogP contribution in [-0.4, -0.2) is 25.8 Å². The Morgan fingerprint density at radius 1 is 0.967 bits per heavy atom. The van der Waals surface area contributed by atoms with Crippen LogP contribution in [0.1, 0.15) is 39.7 Å². The zero-order chi connectivity index (χ0) is 22.6. The molecule has 0 saturated carbocycles. The molecule has 1 unspecified atom stereocenters. The number of hydrogen-bond donors (Lipinski definition) is 3. The lowest BCUT2D eigenvalue weighted by molar-refractivity contribution is -0.128. The average Bonchev–Trinajstić information content (AvgIpc) is 2.64. The maximum atomic E-state index is 13.1. The highest BCUT2D eigenvalue weighted by atomic mass is 32.2. The summed E-state index contributed by atoms with van der Waals surface area (Å²) in [7, 11) is -4.06. The summed E-state index contributed by atoms with van der Waals surface area (Å²) in [6.07, 6.45) is 0.685. The molecule has 4 N–H and O–H groups in total. The SMILES string of the molecule is CC(=O)Nc1ccc(S(=O)(=O)NC(CCc2ccccc2)(C(N)=O)C(C)(C)C)cc1. The number of amides is 2. The molecule has 2 aromatic rings. The van der Waals surface area contributed by atoms with Crippen LogP contribution in [0.5, 0.6) is 0 Å². The van der Waals surface area contributed by atoms with Crippen LogP contribution >= 0.6 is 0 Å². The molecule has 0 aliphatic carbocycles. The largest absolute Gasteiger partial charge is 0.368 e. The van der Waals surface area contributed by atoms with Crippen LogP contribution in [0.15, 0.2) is 59.5 Å². The van der Waals surface area contributed by atoms with Crippen molar-refractivity contribution >= 4 is 27.5 Å². The first-order valence-corrected chi connectivity index (χ1v) is 11.1. The summed E-state index contributed by atoms with van der Waals surface area (Å²) in [5.74, 6) is -0.991. The maximum Gasteiger partial charge on any atom is 0.241 e. The van der Waals surface area contributed by atoms with Gasteiger partial charge in [0.1, 0.15) is 5.54 Å². The van der Waals surface area contributed by atoms with Crippen molar-refractivity contribution in [2.24, 2.45) is 11.1 Å². The van der Waals surface area contributed by atoms with Gasteiger partial charge >= 0.3 is 0 Å². The maximum absolute atomic E-state index is 13.1. The van der Waals surface area contributed by atoms with Gasteiger partial charge in [0, 0.05) is 12.6 Å². The Labute approximate surface area is 178 Å². The fraction of sp³-hybridized carbons (Fsp3) is 0.364. The van der Waals surface area contributed by atoms with Gasteiger partial charge in [-0.15, -0.1) is 0 Å². The Morgan fingerprint density at radius 3 is 2.00 bits per heavy atom. The lowest BCUT2D eigenvalue weighted by Crippen LogP contribution is -2.64. The van der Waals surface area contributed by atoms with E-state index in [0.717, 1.165) is 5.56 Å². The van der Waals surface area contributed by atoms with Crippen LogP contribution in [0.2, 0.25) is 0 Å². The minimum atomic E-state index is -4.06. The Morgan fingerprint density at radius 2 is 1.53 bits per heavy atom. The van der Waals surface area contributed by atoms with Crippen LogP contribution < -0.4 is 15.8 Å². The van der Waals surface area contributed by atoms with E-state index in [2.05, 4.69) is 10.0 Å². The lowest BCUT2D eigenvalue weighted by Gasteiger charge is -2.42. The minimum absolute atomic E-state index is 0.0220. The molecule has 0 aliphatic heterocycles. The monoisotopic (exact) mass is 431 g/mol. The van der Waals surface area contributed by atoms with Crippen LogP contribution in [0.4, 0.5) is 5.69 Å². The van der Waals surface area contributed by atoms with E-state index >= 15 is 0 Å². The molecule has 2 amide bonds. The van der Waals surface area contributed by atoms with Gasteiger partial charge in [-0.05, 0) is 48.1 Å². The van der Waals surface area contributed by atoms with E-state index in [4.69, 9.17) is 5.73 Å². The van der Waals surface area contributed by atoms with Crippen LogP contribution in [0.3, 0.4) is 0 Å². The molecule has 0 aliphatic rings. The Balaban J connectivity index is 2.38. The number of carbonyl (C=O) groups is 2. The highest BCUT2D eigenvalue weighted by Gasteiger charge is 2.49. The number of hydrogen-bond acceptors (Lipinski definition) is 4. The molecular formula is C22H29N3O4S. The smallest absolute Gasteiger partial charge is 0.241 e. The molecule has 0 heterocycles. The van der Waals surface area contributed by atoms with Gasteiger partial charge in [0.15, 0.2) is 0 Å². The number of rotatable bonds is 8. The van der Waals surface area contributed by atoms with E-state index in [-0.39, 0.29) is 17.2 Å². The van der Waals surface area contributed by atoms with Crippen LogP contribution in [0.25, 0.3) is 0 Å². The fourth-order valence-electron chi connectivity index (χ4n) is 3.31. The third-order valence-corrected chi connectivity index (χ3v) is 6.64. The number of primary amides is 1. The van der Waals surface area contributed by atoms with Gasteiger partial charge < -0.3 is 11.1 Å². The van der Waals surface area contributed by atoms with Crippen molar-refractivity contribution in [3.8, 4) is 0 Å². The summed E-state index contributed by atoms with van der Waals surface area (Å²) in [6, 6.07) is 15.2. The number of nitrogens with one attached hydrogen (secondary N) is 2. The summed E-state index contributed by atoms with van der Waals surface area (Å²) in [5, 5.41) is 2.58. The molecule has 0 spiro atoms. The number of sulfonamides is 1. The molecular weight excluding hydrogens is 402 g/mol. The van der Waals surface area contributed by atoms with Crippen molar-refractivity contribution in [3.63, 3.8) is 0 Å². The highest BCUT2D eigenvalue weighted by molar-refractivity contribution is 7.89. The molecule has 0 fully saturated rings. The number of aryl methyl sites for hydroxylation is 1. The molecule has 30 heavy (non-hydrogen) atoms. The first-order valence-electron chi connectivity index (χ1n) is 9.63. The number of nitrogens with two attached hydrogens (primary N) is 1. The molecule has 1 atom stereocenters. The minimum Gasteiger partial charge on any atom is -0.368 e. The van der Waals surface area contributed by atoms with E-state index in [1.807, 2.05) is 30.3 Å². The van der Waals surface area contributed by atoms with E-state index < -0.39 is 26.9 Å². The average molecular weight is 432 g/mol. The van der Waals surface area contributed by atoms with Crippen molar-refractivity contribution in [2.45, 2.75) is 51.0 Å². The summed E-state index contributed by atoms with van der Waals surface area (Å²) in [4.78, 5) is 23.8. The molecule has 0 aromatic heterocycles. The number of carbonyl (C=O) groups excluding carboxylic acids is 2. The standard InChI is InChI=1S/C22H29N3O4S/c1-16(26)24-18-10-12-19(13-11-18)30(28,29)25-22(20(23)27,21(2,3)4)15-14-17-8-6-5-7-9-17/h5-13,25H,14-15H2,1-4H3,(H2,23,27)(H,24,26). The second-order valence-corrected chi connectivity index (χ2v) is 10.00. The third kappa shape index (κ3) is 5.46. The number of anilines is 1. The normalized spacial score (nSPS) is 14.0. The second-order valence-electron chi connectivity index (χ2n) is 8.32. The third-order valence-electron chi connectivity index (χ3n) is 5.13. The first kappa shape index (κ1) is 23.6. The molecule has 162 valence electrons. The van der Waals surface area contributed by atoms with Gasteiger partial charge in [-0.25, -0.2) is 8.42 Å². The first-order chi connectivity index (χ1) is 13.9. The van der Waals surface area contributed by atoms with E-state index in [1.165, 1.54) is 31.2 Å². The van der Waals surface area contributed by atoms with Crippen molar-refractivity contribution in [2.75, 3.05) is 5.32 Å². The topological polar surface area (TPSA) is 118 Å². The fourth-order valence-corrected chi connectivity index (χ4v) is 4.89. The summed E-state index contributed by atoms with van der Waals surface area (Å²) in [5.41, 5.74) is 4.94. The Kier molecular flexibility index (Phi) is 7.05. The van der Waals surface area contributed by atoms with Crippen LogP contribution in [0, 0.1) is 5.41 Å². The van der Waals surface area contributed by atoms with Crippen molar-refractivity contribution in [3.05, 3.63) is 60.2 Å². The lowest BCUT2D eigenvalue weighted by atomic mass is 9.70. The molecule has 7 nitrogen and oxygen atoms in total. The Hall–Kier alpha value is -2.71. The van der Waals surface area contributed by atoms with Gasteiger partial charge in [0.25, 0.3) is 0 Å². The summed E-state index contributed by atoms with van der Waals surface area (Å²) in [6.45, 7) is 6.71. The molecule has 0 saturated heterocycles. The predicted molar refractivity (Wildman–Crippen MR) is 117 cm³/mol. The Bertz CT molecular complexity index is 997. The molecule has 0 bridgehead atoms. The van der Waals surface area contributed by atoms with Crippen molar-refractivity contribution in [1.29, 1.82) is 0 Å². The molecule has 8 heteroatoms. The molecule has 2 rings (SSSR count). The van der Waals surface area contributed by atoms with E-state index in [9.17, 15) is 18.0 Å². The number of benzene rings is 2. The summed E-state index contributed by atoms with van der Waals surface area (Å²) >= 11 is 0. The predicted octanol–water partition coefficient (Wildman–Crippen LogP) is 2.83.